The Bertz CT molecular complexity index is 285. The second-order valence-electron chi connectivity index (χ2n) is 4.68. The fourth-order valence-electron chi connectivity index (χ4n) is 2.00. The van der Waals surface area contributed by atoms with Gasteiger partial charge in [0.1, 0.15) is 0 Å². The number of hydrogen-bond donors (Lipinski definition) is 1. The number of amides is 1. The Morgan fingerprint density at radius 3 is 2.06 bits per heavy atom. The molecule has 0 aromatic carbocycles. The molecule has 2 atom stereocenters. The topological polar surface area (TPSA) is 60.9 Å². The zero-order valence-electron chi connectivity index (χ0n) is 10.8. The molecule has 0 spiro atoms. The molecule has 1 saturated heterocycles. The molecule has 1 aliphatic rings. The molecule has 1 amide bonds. The number of likely N-dealkylation sites (N-methyl/N-ethyl adjacent to an activating group) is 1. The SMILES string of the molecule is CCN1CCN(C(=O)C(C)C(C)C(=O)O)CC1. The first-order valence-electron chi connectivity index (χ1n) is 6.21. The van der Waals surface area contributed by atoms with E-state index in [-0.39, 0.29) is 5.91 Å². The summed E-state index contributed by atoms with van der Waals surface area (Å²) in [6.45, 7) is 9.59. The highest BCUT2D eigenvalue weighted by Crippen LogP contribution is 2.15. The number of carbonyl (C=O) groups is 2. The van der Waals surface area contributed by atoms with E-state index >= 15 is 0 Å². The Morgan fingerprint density at radius 2 is 1.65 bits per heavy atom. The third kappa shape index (κ3) is 3.43. The summed E-state index contributed by atoms with van der Waals surface area (Å²) in [5, 5.41) is 8.90. The van der Waals surface area contributed by atoms with E-state index < -0.39 is 17.8 Å². The Kier molecular flexibility index (Phi) is 4.93. The van der Waals surface area contributed by atoms with Crippen LogP contribution in [0.15, 0.2) is 0 Å². The lowest BCUT2D eigenvalue weighted by Crippen LogP contribution is -2.50. The first-order valence-corrected chi connectivity index (χ1v) is 6.21. The van der Waals surface area contributed by atoms with Gasteiger partial charge in [0.25, 0.3) is 0 Å². The summed E-state index contributed by atoms with van der Waals surface area (Å²) >= 11 is 0. The van der Waals surface area contributed by atoms with Crippen LogP contribution >= 0.6 is 0 Å². The lowest BCUT2D eigenvalue weighted by Gasteiger charge is -2.35. The minimum atomic E-state index is -0.905. The summed E-state index contributed by atoms with van der Waals surface area (Å²) in [7, 11) is 0. The van der Waals surface area contributed by atoms with Crippen LogP contribution in [-0.2, 0) is 9.59 Å². The van der Waals surface area contributed by atoms with Crippen molar-refractivity contribution in [2.24, 2.45) is 11.8 Å². The highest BCUT2D eigenvalue weighted by molar-refractivity contribution is 5.84. The van der Waals surface area contributed by atoms with Crippen LogP contribution in [0, 0.1) is 11.8 Å². The second kappa shape index (κ2) is 6.00. The molecule has 1 N–H and O–H groups in total. The number of carboxylic acid groups (broad SMARTS) is 1. The average Bonchev–Trinajstić information content (AvgIpc) is 2.36. The molecule has 0 saturated carbocycles. The normalized spacial score (nSPS) is 21.0. The van der Waals surface area contributed by atoms with E-state index in [0.29, 0.717) is 13.1 Å². The number of nitrogens with zero attached hydrogens (tertiary/aromatic N) is 2. The molecule has 5 heteroatoms. The first-order chi connectivity index (χ1) is 7.97. The van der Waals surface area contributed by atoms with Gasteiger partial charge in [-0.25, -0.2) is 0 Å². The molecular formula is C12H22N2O3. The van der Waals surface area contributed by atoms with Crippen LogP contribution in [0.25, 0.3) is 0 Å². The van der Waals surface area contributed by atoms with E-state index in [0.717, 1.165) is 19.6 Å². The van der Waals surface area contributed by atoms with Gasteiger partial charge in [0, 0.05) is 32.1 Å². The number of carboxylic acids is 1. The van der Waals surface area contributed by atoms with Gasteiger partial charge < -0.3 is 14.9 Å². The van der Waals surface area contributed by atoms with Gasteiger partial charge in [-0.3, -0.25) is 9.59 Å². The van der Waals surface area contributed by atoms with E-state index in [1.165, 1.54) is 0 Å². The Hall–Kier alpha value is -1.10. The molecule has 1 heterocycles. The molecule has 2 unspecified atom stereocenters. The number of hydrogen-bond acceptors (Lipinski definition) is 3. The Labute approximate surface area is 102 Å². The van der Waals surface area contributed by atoms with Crippen LogP contribution in [0.4, 0.5) is 0 Å². The second-order valence-corrected chi connectivity index (χ2v) is 4.68. The maximum absolute atomic E-state index is 12.1. The van der Waals surface area contributed by atoms with Crippen LogP contribution < -0.4 is 0 Å². The van der Waals surface area contributed by atoms with Gasteiger partial charge >= 0.3 is 5.97 Å². The van der Waals surface area contributed by atoms with Crippen molar-refractivity contribution in [1.82, 2.24) is 9.80 Å². The van der Waals surface area contributed by atoms with Crippen molar-refractivity contribution >= 4 is 11.9 Å². The van der Waals surface area contributed by atoms with Gasteiger partial charge in [0.2, 0.25) is 5.91 Å². The molecule has 0 aromatic heterocycles. The van der Waals surface area contributed by atoms with Crippen molar-refractivity contribution in [3.63, 3.8) is 0 Å². The van der Waals surface area contributed by atoms with E-state index in [4.69, 9.17) is 5.11 Å². The monoisotopic (exact) mass is 242 g/mol. The molecule has 0 aromatic rings. The first kappa shape index (κ1) is 14.0. The fourth-order valence-corrected chi connectivity index (χ4v) is 2.00. The molecule has 1 rings (SSSR count). The summed E-state index contributed by atoms with van der Waals surface area (Å²) < 4.78 is 0. The highest BCUT2D eigenvalue weighted by Gasteiger charge is 2.30. The summed E-state index contributed by atoms with van der Waals surface area (Å²) in [4.78, 5) is 27.0. The largest absolute Gasteiger partial charge is 0.481 e. The molecule has 5 nitrogen and oxygen atoms in total. The van der Waals surface area contributed by atoms with Crippen LogP contribution in [0.2, 0.25) is 0 Å². The molecule has 1 aliphatic heterocycles. The zero-order chi connectivity index (χ0) is 13.0. The molecule has 0 radical (unpaired) electrons. The standard InChI is InChI=1S/C12H22N2O3/c1-4-13-5-7-14(8-6-13)11(15)9(2)10(3)12(16)17/h9-10H,4-8H2,1-3H3,(H,16,17). The molecule has 0 bridgehead atoms. The smallest absolute Gasteiger partial charge is 0.307 e. The molecule has 98 valence electrons. The van der Waals surface area contributed by atoms with Crippen molar-refractivity contribution in [2.75, 3.05) is 32.7 Å². The van der Waals surface area contributed by atoms with Gasteiger partial charge in [0.15, 0.2) is 0 Å². The number of rotatable bonds is 4. The quantitative estimate of drug-likeness (QED) is 0.780. The van der Waals surface area contributed by atoms with Crippen molar-refractivity contribution in [3.8, 4) is 0 Å². The number of aliphatic carboxylic acids is 1. The maximum Gasteiger partial charge on any atom is 0.307 e. The lowest BCUT2D eigenvalue weighted by atomic mass is 9.94. The lowest BCUT2D eigenvalue weighted by molar-refractivity contribution is -0.149. The van der Waals surface area contributed by atoms with Gasteiger partial charge in [-0.1, -0.05) is 20.8 Å². The van der Waals surface area contributed by atoms with Crippen LogP contribution in [0.1, 0.15) is 20.8 Å². The highest BCUT2D eigenvalue weighted by atomic mass is 16.4. The van der Waals surface area contributed by atoms with Crippen molar-refractivity contribution in [3.05, 3.63) is 0 Å². The third-order valence-electron chi connectivity index (χ3n) is 3.66. The number of piperazine rings is 1. The van der Waals surface area contributed by atoms with Crippen LogP contribution in [0.3, 0.4) is 0 Å². The molecule has 0 aliphatic carbocycles. The Balaban J connectivity index is 2.51. The van der Waals surface area contributed by atoms with Crippen LogP contribution in [-0.4, -0.2) is 59.5 Å². The van der Waals surface area contributed by atoms with Gasteiger partial charge in [-0.2, -0.15) is 0 Å². The molecule has 1 fully saturated rings. The van der Waals surface area contributed by atoms with Crippen molar-refractivity contribution in [2.45, 2.75) is 20.8 Å². The van der Waals surface area contributed by atoms with E-state index in [9.17, 15) is 9.59 Å². The maximum atomic E-state index is 12.1. The Morgan fingerprint density at radius 1 is 1.12 bits per heavy atom. The zero-order valence-corrected chi connectivity index (χ0v) is 10.8. The fraction of sp³-hybridized carbons (Fsp3) is 0.833. The van der Waals surface area contributed by atoms with Crippen LogP contribution in [0.5, 0.6) is 0 Å². The minimum absolute atomic E-state index is 0.0318. The van der Waals surface area contributed by atoms with Gasteiger partial charge in [-0.05, 0) is 6.54 Å². The minimum Gasteiger partial charge on any atom is -0.481 e. The summed E-state index contributed by atoms with van der Waals surface area (Å²) in [6, 6.07) is 0. The molecular weight excluding hydrogens is 220 g/mol. The summed E-state index contributed by atoms with van der Waals surface area (Å²) in [5.41, 5.74) is 0. The van der Waals surface area contributed by atoms with E-state index in [1.807, 2.05) is 0 Å². The van der Waals surface area contributed by atoms with E-state index in [2.05, 4.69) is 11.8 Å². The predicted molar refractivity (Wildman–Crippen MR) is 64.7 cm³/mol. The predicted octanol–water partition coefficient (Wildman–Crippen LogP) is 0.507. The van der Waals surface area contributed by atoms with Gasteiger partial charge in [-0.15, -0.1) is 0 Å². The number of carbonyl (C=O) groups excluding carboxylic acids is 1. The van der Waals surface area contributed by atoms with E-state index in [1.54, 1.807) is 18.7 Å². The van der Waals surface area contributed by atoms with Gasteiger partial charge in [0.05, 0.1) is 5.92 Å². The summed E-state index contributed by atoms with van der Waals surface area (Å²) in [6.07, 6.45) is 0. The summed E-state index contributed by atoms with van der Waals surface area (Å²) in [5.74, 6) is -2.00. The molecule has 17 heavy (non-hydrogen) atoms. The average molecular weight is 242 g/mol. The van der Waals surface area contributed by atoms with Crippen molar-refractivity contribution < 1.29 is 14.7 Å². The van der Waals surface area contributed by atoms with Crippen molar-refractivity contribution in [1.29, 1.82) is 0 Å². The third-order valence-corrected chi connectivity index (χ3v) is 3.66.